The Labute approximate surface area is 143 Å². The molecule has 1 heterocycles. The molecule has 0 saturated carbocycles. The molecule has 0 fully saturated rings. The molecule has 1 aliphatic rings. The van der Waals surface area contributed by atoms with Crippen LogP contribution in [0.1, 0.15) is 22.3 Å². The number of ether oxygens (including phenoxy) is 1. The van der Waals surface area contributed by atoms with Crippen LogP contribution in [-0.2, 0) is 9.67 Å². The summed E-state index contributed by atoms with van der Waals surface area (Å²) in [5.74, 6) is -0.747. The van der Waals surface area contributed by atoms with E-state index in [1.807, 2.05) is 0 Å². The molecular weight excluding hydrogens is 393 g/mol. The molecule has 0 N–H and O–H groups in total. The zero-order valence-electron chi connectivity index (χ0n) is 11.6. The number of fused-ring (bicyclic) bond motifs is 1. The summed E-state index contributed by atoms with van der Waals surface area (Å²) < 4.78 is 45.4. The number of esters is 1. The highest BCUT2D eigenvalue weighted by molar-refractivity contribution is 9.10. The molecule has 120 valence electrons. The molecule has 0 aromatic heterocycles. The molecule has 1 unspecified atom stereocenters. The van der Waals surface area contributed by atoms with Gasteiger partial charge in [0.05, 0.1) is 12.0 Å². The van der Waals surface area contributed by atoms with E-state index < -0.39 is 23.5 Å². The van der Waals surface area contributed by atoms with Crippen LogP contribution in [0.25, 0.3) is 0 Å². The van der Waals surface area contributed by atoms with E-state index in [2.05, 4.69) is 15.9 Å². The van der Waals surface area contributed by atoms with Gasteiger partial charge in [0.15, 0.2) is 4.93 Å². The number of carbonyl (C=O) groups excluding carboxylic acids is 1. The van der Waals surface area contributed by atoms with E-state index in [0.29, 0.717) is 9.37 Å². The fraction of sp³-hybridized carbons (Fsp3) is 0.188. The largest absolute Gasteiger partial charge is 0.439 e. The van der Waals surface area contributed by atoms with Crippen molar-refractivity contribution in [2.45, 2.75) is 22.4 Å². The van der Waals surface area contributed by atoms with Gasteiger partial charge in [-0.1, -0.05) is 52.0 Å². The van der Waals surface area contributed by atoms with Crippen molar-refractivity contribution in [3.63, 3.8) is 0 Å². The maximum Gasteiger partial charge on any atom is 0.394 e. The average molecular weight is 403 g/mol. The Kier molecular flexibility index (Phi) is 4.18. The highest BCUT2D eigenvalue weighted by Gasteiger charge is 2.50. The number of benzene rings is 2. The van der Waals surface area contributed by atoms with E-state index in [4.69, 9.17) is 4.74 Å². The molecule has 7 heteroatoms. The molecule has 23 heavy (non-hydrogen) atoms. The number of cyclic esters (lactones) is 1. The number of hydrogen-bond acceptors (Lipinski definition) is 3. The summed E-state index contributed by atoms with van der Waals surface area (Å²) in [4.78, 5) is 10.9. The van der Waals surface area contributed by atoms with Crippen LogP contribution in [0.5, 0.6) is 0 Å². The van der Waals surface area contributed by atoms with Crippen LogP contribution in [-0.4, -0.2) is 12.1 Å². The minimum absolute atomic E-state index is 0.283. The Morgan fingerprint density at radius 3 is 2.57 bits per heavy atom. The van der Waals surface area contributed by atoms with Crippen LogP contribution in [0, 0.1) is 0 Å². The molecule has 0 aliphatic carbocycles. The Bertz CT molecular complexity index is 763. The van der Waals surface area contributed by atoms with Gasteiger partial charge >= 0.3 is 12.1 Å². The van der Waals surface area contributed by atoms with Crippen LogP contribution < -0.4 is 0 Å². The molecule has 2 nitrogen and oxygen atoms in total. The van der Waals surface area contributed by atoms with Crippen LogP contribution in [0.2, 0.25) is 0 Å². The van der Waals surface area contributed by atoms with Gasteiger partial charge in [-0.25, -0.2) is 4.79 Å². The molecule has 0 bridgehead atoms. The third-order valence-corrected chi connectivity index (χ3v) is 5.20. The highest BCUT2D eigenvalue weighted by atomic mass is 79.9. The van der Waals surface area contributed by atoms with Crippen molar-refractivity contribution in [2.75, 3.05) is 0 Å². The van der Waals surface area contributed by atoms with Gasteiger partial charge in [0, 0.05) is 14.9 Å². The first-order chi connectivity index (χ1) is 10.8. The monoisotopic (exact) mass is 402 g/mol. The SMILES string of the molecule is O=C1OC(CC(F)(F)F)(c2cccc(Br)c2)Sc2ccccc21. The van der Waals surface area contributed by atoms with Gasteiger partial charge < -0.3 is 4.74 Å². The Morgan fingerprint density at radius 2 is 1.87 bits per heavy atom. The maximum absolute atomic E-state index is 13.2. The molecule has 1 aliphatic heterocycles. The second kappa shape index (κ2) is 5.87. The van der Waals surface area contributed by atoms with Gasteiger partial charge in [-0.05, 0) is 24.3 Å². The van der Waals surface area contributed by atoms with Gasteiger partial charge in [0.25, 0.3) is 0 Å². The fourth-order valence-corrected chi connectivity index (χ4v) is 4.17. The first-order valence-electron chi connectivity index (χ1n) is 6.63. The van der Waals surface area contributed by atoms with Crippen molar-refractivity contribution in [1.29, 1.82) is 0 Å². The molecule has 3 rings (SSSR count). The summed E-state index contributed by atoms with van der Waals surface area (Å²) in [6.07, 6.45) is -5.75. The lowest BCUT2D eigenvalue weighted by Gasteiger charge is -2.37. The third kappa shape index (κ3) is 3.40. The molecule has 0 saturated heterocycles. The number of alkyl halides is 3. The van der Waals surface area contributed by atoms with Gasteiger partial charge in [-0.3, -0.25) is 0 Å². The number of rotatable bonds is 2. The zero-order chi connectivity index (χ0) is 16.7. The van der Waals surface area contributed by atoms with E-state index >= 15 is 0 Å². The Hall–Kier alpha value is -1.47. The summed E-state index contributed by atoms with van der Waals surface area (Å²) in [7, 11) is 0. The standard InChI is InChI=1S/C16H10BrF3O2S/c17-11-5-3-4-10(8-11)15(9-16(18,19)20)22-14(21)12-6-1-2-7-13(12)23-15/h1-8H,9H2. The molecule has 2 aromatic carbocycles. The lowest BCUT2D eigenvalue weighted by Crippen LogP contribution is -2.37. The fourth-order valence-electron chi connectivity index (χ4n) is 2.41. The van der Waals surface area contributed by atoms with Crippen LogP contribution in [0.4, 0.5) is 13.2 Å². The predicted octanol–water partition coefficient (Wildman–Crippen LogP) is 5.52. The van der Waals surface area contributed by atoms with Gasteiger partial charge in [0.1, 0.15) is 0 Å². The number of hydrogen-bond donors (Lipinski definition) is 0. The average Bonchev–Trinajstić information content (AvgIpc) is 2.45. The highest BCUT2D eigenvalue weighted by Crippen LogP contribution is 2.53. The van der Waals surface area contributed by atoms with E-state index in [-0.39, 0.29) is 11.1 Å². The minimum Gasteiger partial charge on any atom is -0.439 e. The lowest BCUT2D eigenvalue weighted by atomic mass is 10.0. The zero-order valence-corrected chi connectivity index (χ0v) is 14.0. The third-order valence-electron chi connectivity index (χ3n) is 3.34. The quantitative estimate of drug-likeness (QED) is 0.618. The van der Waals surface area contributed by atoms with E-state index in [0.717, 1.165) is 11.8 Å². The molecule has 2 aromatic rings. The van der Waals surface area contributed by atoms with Gasteiger partial charge in [-0.2, -0.15) is 13.2 Å². The van der Waals surface area contributed by atoms with E-state index in [9.17, 15) is 18.0 Å². The minimum atomic E-state index is -4.48. The summed E-state index contributed by atoms with van der Waals surface area (Å²) in [5.41, 5.74) is 0.572. The van der Waals surface area contributed by atoms with Crippen LogP contribution in [0.3, 0.4) is 0 Å². The van der Waals surface area contributed by atoms with Gasteiger partial charge in [-0.15, -0.1) is 0 Å². The van der Waals surface area contributed by atoms with Crippen LogP contribution >= 0.6 is 27.7 Å². The van der Waals surface area contributed by atoms with Crippen molar-refractivity contribution in [2.24, 2.45) is 0 Å². The number of thioether (sulfide) groups is 1. The Morgan fingerprint density at radius 1 is 1.13 bits per heavy atom. The summed E-state index contributed by atoms with van der Waals surface area (Å²) in [5, 5.41) is 0. The maximum atomic E-state index is 13.2. The molecule has 0 spiro atoms. The van der Waals surface area contributed by atoms with Crippen molar-refractivity contribution >= 4 is 33.7 Å². The predicted molar refractivity (Wildman–Crippen MR) is 84.2 cm³/mol. The first kappa shape index (κ1) is 16.4. The first-order valence-corrected chi connectivity index (χ1v) is 8.24. The molecular formula is C16H10BrF3O2S. The van der Waals surface area contributed by atoms with Crippen molar-refractivity contribution in [3.8, 4) is 0 Å². The van der Waals surface area contributed by atoms with Crippen LogP contribution in [0.15, 0.2) is 57.9 Å². The van der Waals surface area contributed by atoms with Crippen molar-refractivity contribution < 1.29 is 22.7 Å². The normalized spacial score (nSPS) is 20.8. The van der Waals surface area contributed by atoms with E-state index in [1.54, 1.807) is 42.5 Å². The van der Waals surface area contributed by atoms with Crippen molar-refractivity contribution in [1.82, 2.24) is 0 Å². The lowest BCUT2D eigenvalue weighted by molar-refractivity contribution is -0.161. The Balaban J connectivity index is 2.13. The molecule has 0 amide bonds. The summed E-state index contributed by atoms with van der Waals surface area (Å²) >= 11 is 4.16. The smallest absolute Gasteiger partial charge is 0.394 e. The van der Waals surface area contributed by atoms with Crippen molar-refractivity contribution in [3.05, 3.63) is 64.1 Å². The summed E-state index contributed by atoms with van der Waals surface area (Å²) in [6.45, 7) is 0. The number of carbonyl (C=O) groups is 1. The topological polar surface area (TPSA) is 26.3 Å². The number of halogens is 4. The van der Waals surface area contributed by atoms with E-state index in [1.165, 1.54) is 6.07 Å². The molecule has 0 radical (unpaired) electrons. The van der Waals surface area contributed by atoms with Gasteiger partial charge in [0.2, 0.25) is 0 Å². The second-order valence-corrected chi connectivity index (χ2v) is 7.26. The second-order valence-electron chi connectivity index (χ2n) is 5.04. The summed E-state index contributed by atoms with van der Waals surface area (Å²) in [6, 6.07) is 12.9. The molecule has 1 atom stereocenters.